The number of benzene rings is 1. The molecule has 2 aromatic heterocycles. The average molecular weight is 282 g/mol. The first kappa shape index (κ1) is 13.4. The van der Waals surface area contributed by atoms with Crippen molar-refractivity contribution >= 4 is 16.6 Å². The summed E-state index contributed by atoms with van der Waals surface area (Å²) >= 11 is 0. The Balaban J connectivity index is 1.93. The number of aromatic nitrogens is 3. The summed E-state index contributed by atoms with van der Waals surface area (Å²) in [6.07, 6.45) is 5.49. The van der Waals surface area contributed by atoms with Gasteiger partial charge in [0.15, 0.2) is 0 Å². The Morgan fingerprint density at radius 2 is 2.14 bits per heavy atom. The molecule has 0 amide bonds. The Hall–Kier alpha value is -2.56. The first-order valence-electron chi connectivity index (χ1n) is 6.96. The number of rotatable bonds is 4. The van der Waals surface area contributed by atoms with Crippen LogP contribution in [-0.2, 0) is 13.6 Å². The fourth-order valence-electron chi connectivity index (χ4n) is 2.55. The second kappa shape index (κ2) is 5.44. The summed E-state index contributed by atoms with van der Waals surface area (Å²) in [5.41, 5.74) is 1.80. The molecule has 0 bridgehead atoms. The van der Waals surface area contributed by atoms with Gasteiger partial charge in [0.2, 0.25) is 0 Å². The lowest BCUT2D eigenvalue weighted by Gasteiger charge is -2.18. The van der Waals surface area contributed by atoms with E-state index in [0.717, 1.165) is 23.1 Å². The molecule has 1 atom stereocenters. The standard InChI is InChI=1S/C16H18N4O/c1-12(10-20-8-7-17-11-20)18-14-9-16(21)19(2)15-6-4-3-5-13(14)15/h3-9,11-12,18H,10H2,1-2H3. The van der Waals surface area contributed by atoms with E-state index in [1.54, 1.807) is 30.2 Å². The van der Waals surface area contributed by atoms with Gasteiger partial charge in [0.1, 0.15) is 0 Å². The Kier molecular flexibility index (Phi) is 3.48. The number of pyridine rings is 1. The molecule has 0 aliphatic carbocycles. The van der Waals surface area contributed by atoms with Crippen LogP contribution in [0.4, 0.5) is 5.69 Å². The highest BCUT2D eigenvalue weighted by Crippen LogP contribution is 2.21. The molecule has 0 aliphatic heterocycles. The van der Waals surface area contributed by atoms with Crippen molar-refractivity contribution in [3.8, 4) is 0 Å². The Morgan fingerprint density at radius 3 is 2.90 bits per heavy atom. The zero-order chi connectivity index (χ0) is 14.8. The monoisotopic (exact) mass is 282 g/mol. The van der Waals surface area contributed by atoms with Crippen molar-refractivity contribution in [1.82, 2.24) is 14.1 Å². The van der Waals surface area contributed by atoms with Crippen LogP contribution in [0.2, 0.25) is 0 Å². The van der Waals surface area contributed by atoms with Gasteiger partial charge in [-0.3, -0.25) is 4.79 Å². The minimum atomic E-state index is -0.00830. The third kappa shape index (κ3) is 2.67. The van der Waals surface area contributed by atoms with Gasteiger partial charge in [0.05, 0.1) is 11.8 Å². The first-order valence-corrected chi connectivity index (χ1v) is 6.96. The molecule has 1 aromatic carbocycles. The number of fused-ring (bicyclic) bond motifs is 1. The van der Waals surface area contributed by atoms with Crippen LogP contribution in [0.3, 0.4) is 0 Å². The second-order valence-electron chi connectivity index (χ2n) is 5.28. The highest BCUT2D eigenvalue weighted by molar-refractivity contribution is 5.91. The summed E-state index contributed by atoms with van der Waals surface area (Å²) in [7, 11) is 1.80. The van der Waals surface area contributed by atoms with Gasteiger partial charge in [-0.1, -0.05) is 18.2 Å². The SMILES string of the molecule is CC(Cn1ccnc1)Nc1cc(=O)n(C)c2ccccc12. The van der Waals surface area contributed by atoms with Gasteiger partial charge in [0, 0.05) is 49.2 Å². The van der Waals surface area contributed by atoms with Gasteiger partial charge in [-0.15, -0.1) is 0 Å². The lowest BCUT2D eigenvalue weighted by atomic mass is 10.1. The maximum atomic E-state index is 12.1. The Labute approximate surface area is 122 Å². The van der Waals surface area contributed by atoms with E-state index in [1.807, 2.05) is 35.0 Å². The molecule has 0 aliphatic rings. The molecule has 5 heteroatoms. The molecule has 2 heterocycles. The maximum Gasteiger partial charge on any atom is 0.252 e. The van der Waals surface area contributed by atoms with E-state index in [1.165, 1.54) is 0 Å². The molecule has 5 nitrogen and oxygen atoms in total. The van der Waals surface area contributed by atoms with E-state index in [4.69, 9.17) is 0 Å². The number of para-hydroxylation sites is 1. The van der Waals surface area contributed by atoms with E-state index in [9.17, 15) is 4.79 Å². The average Bonchev–Trinajstić information content (AvgIpc) is 2.97. The van der Waals surface area contributed by atoms with Crippen molar-refractivity contribution in [1.29, 1.82) is 0 Å². The van der Waals surface area contributed by atoms with Gasteiger partial charge in [-0.25, -0.2) is 4.98 Å². The number of nitrogens with zero attached hydrogens (tertiary/aromatic N) is 3. The van der Waals surface area contributed by atoms with Crippen LogP contribution in [0.1, 0.15) is 6.92 Å². The van der Waals surface area contributed by atoms with Gasteiger partial charge < -0.3 is 14.5 Å². The van der Waals surface area contributed by atoms with Crippen molar-refractivity contribution in [2.75, 3.05) is 5.32 Å². The number of anilines is 1. The number of aryl methyl sites for hydroxylation is 1. The van der Waals surface area contributed by atoms with Crippen LogP contribution >= 0.6 is 0 Å². The predicted octanol–water partition coefficient (Wildman–Crippen LogP) is 2.24. The highest BCUT2D eigenvalue weighted by atomic mass is 16.1. The number of hydrogen-bond acceptors (Lipinski definition) is 3. The highest BCUT2D eigenvalue weighted by Gasteiger charge is 2.09. The largest absolute Gasteiger partial charge is 0.380 e. The molecule has 0 saturated carbocycles. The molecule has 3 rings (SSSR count). The smallest absolute Gasteiger partial charge is 0.252 e. The van der Waals surface area contributed by atoms with Gasteiger partial charge in [0.25, 0.3) is 5.56 Å². The quantitative estimate of drug-likeness (QED) is 0.798. The van der Waals surface area contributed by atoms with E-state index in [2.05, 4.69) is 17.2 Å². The van der Waals surface area contributed by atoms with Crippen molar-refractivity contribution in [2.45, 2.75) is 19.5 Å². The van der Waals surface area contributed by atoms with Crippen molar-refractivity contribution < 1.29 is 0 Å². The number of nitrogens with one attached hydrogen (secondary N) is 1. The molecule has 1 N–H and O–H groups in total. The molecule has 1 unspecified atom stereocenters. The molecule has 0 radical (unpaired) electrons. The molecular formula is C16H18N4O. The summed E-state index contributed by atoms with van der Waals surface area (Å²) in [5.74, 6) is 0. The molecule has 3 aromatic rings. The summed E-state index contributed by atoms with van der Waals surface area (Å²) in [5, 5.41) is 4.48. The lowest BCUT2D eigenvalue weighted by Crippen LogP contribution is -2.24. The minimum Gasteiger partial charge on any atom is -0.380 e. The minimum absolute atomic E-state index is 0.00830. The van der Waals surface area contributed by atoms with E-state index in [-0.39, 0.29) is 11.6 Å². The van der Waals surface area contributed by atoms with E-state index >= 15 is 0 Å². The number of imidazole rings is 1. The van der Waals surface area contributed by atoms with Gasteiger partial charge in [-0.05, 0) is 13.0 Å². The van der Waals surface area contributed by atoms with Crippen LogP contribution in [0.15, 0.2) is 53.8 Å². The second-order valence-corrected chi connectivity index (χ2v) is 5.28. The molecule has 21 heavy (non-hydrogen) atoms. The van der Waals surface area contributed by atoms with Crippen molar-refractivity contribution in [3.05, 3.63) is 59.4 Å². The van der Waals surface area contributed by atoms with Gasteiger partial charge >= 0.3 is 0 Å². The molecule has 0 saturated heterocycles. The summed E-state index contributed by atoms with van der Waals surface area (Å²) in [6.45, 7) is 2.88. The fourth-order valence-corrected chi connectivity index (χ4v) is 2.55. The summed E-state index contributed by atoms with van der Waals surface area (Å²) in [6, 6.07) is 9.77. The molecule has 0 spiro atoms. The molecule has 108 valence electrons. The van der Waals surface area contributed by atoms with E-state index in [0.29, 0.717) is 0 Å². The first-order chi connectivity index (χ1) is 10.1. The topological polar surface area (TPSA) is 51.9 Å². The van der Waals surface area contributed by atoms with Crippen LogP contribution in [0.25, 0.3) is 10.9 Å². The maximum absolute atomic E-state index is 12.1. The van der Waals surface area contributed by atoms with Gasteiger partial charge in [-0.2, -0.15) is 0 Å². The molecular weight excluding hydrogens is 264 g/mol. The van der Waals surface area contributed by atoms with Crippen molar-refractivity contribution in [2.24, 2.45) is 7.05 Å². The summed E-state index contributed by atoms with van der Waals surface area (Å²) < 4.78 is 3.68. The molecule has 0 fully saturated rings. The van der Waals surface area contributed by atoms with Crippen LogP contribution in [0.5, 0.6) is 0 Å². The summed E-state index contributed by atoms with van der Waals surface area (Å²) in [4.78, 5) is 16.1. The fraction of sp³-hybridized carbons (Fsp3) is 0.250. The van der Waals surface area contributed by atoms with E-state index < -0.39 is 0 Å². The van der Waals surface area contributed by atoms with Crippen LogP contribution in [-0.4, -0.2) is 20.2 Å². The van der Waals surface area contributed by atoms with Crippen molar-refractivity contribution in [3.63, 3.8) is 0 Å². The Bertz CT molecular complexity index is 805. The third-order valence-corrected chi connectivity index (χ3v) is 3.60. The zero-order valence-corrected chi connectivity index (χ0v) is 12.2. The Morgan fingerprint density at radius 1 is 1.33 bits per heavy atom. The normalized spacial score (nSPS) is 12.5. The zero-order valence-electron chi connectivity index (χ0n) is 12.2. The van der Waals surface area contributed by atoms with Crippen LogP contribution < -0.4 is 10.9 Å². The predicted molar refractivity (Wildman–Crippen MR) is 84.5 cm³/mol. The third-order valence-electron chi connectivity index (χ3n) is 3.60. The number of hydrogen-bond donors (Lipinski definition) is 1. The van der Waals surface area contributed by atoms with Crippen LogP contribution in [0, 0.1) is 0 Å². The lowest BCUT2D eigenvalue weighted by molar-refractivity contribution is 0.619.